The maximum absolute atomic E-state index is 13.9. The number of nitrogens with zero attached hydrogens (tertiary/aromatic N) is 3. The first kappa shape index (κ1) is 26.7. The molecule has 0 spiro atoms. The molecule has 200 valence electrons. The van der Waals surface area contributed by atoms with Crippen molar-refractivity contribution in [1.82, 2.24) is 15.1 Å². The van der Waals surface area contributed by atoms with E-state index in [4.69, 9.17) is 5.10 Å². The van der Waals surface area contributed by atoms with Crippen LogP contribution in [0.15, 0.2) is 72.8 Å². The standard InChI is InChI=1S/C31H31FN4O2S/c1-4-17-33-26(37)18-35-27(38)19-39-30(23-13-15-24(32)16-14-23)28-29(22-10-6-5-7-11-22)34-36(31(28)35)25-12-8-9-20(2)21(25)3/h5-16,30H,4,17-19H2,1-3H3,(H,33,37)/t30-/m1/s1. The van der Waals surface area contributed by atoms with Crippen molar-refractivity contribution in [3.05, 3.63) is 101 Å². The quantitative estimate of drug-likeness (QED) is 0.312. The van der Waals surface area contributed by atoms with Gasteiger partial charge in [-0.1, -0.05) is 61.5 Å². The third kappa shape index (κ3) is 5.34. The minimum atomic E-state index is -0.322. The van der Waals surface area contributed by atoms with Crippen LogP contribution in [0.5, 0.6) is 0 Å². The Balaban J connectivity index is 1.81. The van der Waals surface area contributed by atoms with Crippen LogP contribution in [-0.2, 0) is 9.59 Å². The van der Waals surface area contributed by atoms with Crippen LogP contribution in [0.2, 0.25) is 0 Å². The van der Waals surface area contributed by atoms with Crippen molar-refractivity contribution in [3.63, 3.8) is 0 Å². The summed E-state index contributed by atoms with van der Waals surface area (Å²) in [6.07, 6.45) is 0.798. The molecule has 2 amide bonds. The van der Waals surface area contributed by atoms with Crippen LogP contribution in [0.25, 0.3) is 16.9 Å². The minimum absolute atomic E-state index is 0.118. The third-order valence-electron chi connectivity index (χ3n) is 6.99. The SMILES string of the molecule is CCCNC(=O)CN1C(=O)CS[C@H](c2ccc(F)cc2)c2c(-c3ccccc3)nn(-c3cccc(C)c3C)c21. The fourth-order valence-electron chi connectivity index (χ4n) is 4.83. The van der Waals surface area contributed by atoms with Crippen molar-refractivity contribution in [2.24, 2.45) is 0 Å². The van der Waals surface area contributed by atoms with Gasteiger partial charge < -0.3 is 5.32 Å². The van der Waals surface area contributed by atoms with E-state index < -0.39 is 0 Å². The average Bonchev–Trinajstić information content (AvgIpc) is 3.26. The van der Waals surface area contributed by atoms with Gasteiger partial charge in [0.2, 0.25) is 11.8 Å². The van der Waals surface area contributed by atoms with Crippen LogP contribution in [0, 0.1) is 19.7 Å². The smallest absolute Gasteiger partial charge is 0.240 e. The first-order chi connectivity index (χ1) is 18.9. The molecule has 5 rings (SSSR count). The number of carbonyl (C=O) groups is 2. The number of nitrogens with one attached hydrogen (secondary N) is 1. The van der Waals surface area contributed by atoms with Gasteiger partial charge in [0, 0.05) is 17.7 Å². The van der Waals surface area contributed by atoms with Crippen molar-refractivity contribution in [3.8, 4) is 16.9 Å². The van der Waals surface area contributed by atoms with Gasteiger partial charge in [-0.3, -0.25) is 14.5 Å². The summed E-state index contributed by atoms with van der Waals surface area (Å²) in [5.41, 5.74) is 6.27. The predicted octanol–water partition coefficient (Wildman–Crippen LogP) is 5.99. The topological polar surface area (TPSA) is 67.2 Å². The molecule has 0 fully saturated rings. The zero-order chi connectivity index (χ0) is 27.5. The van der Waals surface area contributed by atoms with Gasteiger partial charge in [0.25, 0.3) is 0 Å². The van der Waals surface area contributed by atoms with Gasteiger partial charge in [0.05, 0.1) is 22.4 Å². The fourth-order valence-corrected chi connectivity index (χ4v) is 6.02. The molecule has 1 atom stereocenters. The number of amides is 2. The largest absolute Gasteiger partial charge is 0.355 e. The van der Waals surface area contributed by atoms with E-state index >= 15 is 0 Å². The van der Waals surface area contributed by atoms with E-state index in [1.165, 1.54) is 23.9 Å². The Kier molecular flexibility index (Phi) is 7.84. The molecule has 8 heteroatoms. The van der Waals surface area contributed by atoms with Gasteiger partial charge in [-0.2, -0.15) is 5.10 Å². The first-order valence-corrected chi connectivity index (χ1v) is 14.1. The summed E-state index contributed by atoms with van der Waals surface area (Å²) in [6.45, 7) is 6.47. The Morgan fingerprint density at radius 3 is 2.51 bits per heavy atom. The van der Waals surface area contributed by atoms with E-state index in [9.17, 15) is 14.0 Å². The molecular weight excluding hydrogens is 511 g/mol. The monoisotopic (exact) mass is 542 g/mol. The normalized spacial score (nSPS) is 15.1. The summed E-state index contributed by atoms with van der Waals surface area (Å²) in [5.74, 6) is 0.00874. The molecule has 0 aliphatic carbocycles. The Labute approximate surface area is 232 Å². The second-order valence-electron chi connectivity index (χ2n) is 9.66. The van der Waals surface area contributed by atoms with E-state index in [-0.39, 0.29) is 35.2 Å². The van der Waals surface area contributed by atoms with Crippen LogP contribution < -0.4 is 10.2 Å². The third-order valence-corrected chi connectivity index (χ3v) is 8.24. The van der Waals surface area contributed by atoms with Crippen LogP contribution in [0.4, 0.5) is 10.2 Å². The van der Waals surface area contributed by atoms with E-state index in [2.05, 4.69) is 5.32 Å². The van der Waals surface area contributed by atoms with Crippen LogP contribution in [-0.4, -0.2) is 40.4 Å². The first-order valence-electron chi connectivity index (χ1n) is 13.1. The number of aromatic nitrogens is 2. The molecule has 1 aliphatic heterocycles. The fraction of sp³-hybridized carbons (Fsp3) is 0.258. The van der Waals surface area contributed by atoms with Crippen LogP contribution in [0.3, 0.4) is 0 Å². The highest BCUT2D eigenvalue weighted by Gasteiger charge is 2.38. The van der Waals surface area contributed by atoms with E-state index in [1.54, 1.807) is 17.0 Å². The lowest BCUT2D eigenvalue weighted by atomic mass is 9.99. The lowest BCUT2D eigenvalue weighted by Crippen LogP contribution is -2.42. The van der Waals surface area contributed by atoms with Gasteiger partial charge in [-0.25, -0.2) is 9.07 Å². The molecule has 0 radical (unpaired) electrons. The van der Waals surface area contributed by atoms with Crippen molar-refractivity contribution in [2.45, 2.75) is 32.4 Å². The minimum Gasteiger partial charge on any atom is -0.355 e. The Hall–Kier alpha value is -3.91. The van der Waals surface area contributed by atoms with Crippen molar-refractivity contribution in [1.29, 1.82) is 0 Å². The predicted molar refractivity (Wildman–Crippen MR) is 155 cm³/mol. The van der Waals surface area contributed by atoms with E-state index in [1.807, 2.05) is 74.0 Å². The number of halogens is 1. The van der Waals surface area contributed by atoms with Crippen LogP contribution >= 0.6 is 11.8 Å². The number of rotatable bonds is 7. The molecule has 1 aromatic heterocycles. The van der Waals surface area contributed by atoms with Gasteiger partial charge >= 0.3 is 0 Å². The molecule has 0 bridgehead atoms. The number of thioether (sulfide) groups is 1. The zero-order valence-corrected chi connectivity index (χ0v) is 23.1. The van der Waals surface area contributed by atoms with Gasteiger partial charge in [-0.05, 0) is 55.2 Å². The molecule has 39 heavy (non-hydrogen) atoms. The number of hydrogen-bond acceptors (Lipinski definition) is 4. The lowest BCUT2D eigenvalue weighted by Gasteiger charge is -2.24. The number of hydrogen-bond donors (Lipinski definition) is 1. The summed E-state index contributed by atoms with van der Waals surface area (Å²) >= 11 is 1.47. The van der Waals surface area contributed by atoms with Gasteiger partial charge in [0.1, 0.15) is 18.2 Å². The second-order valence-corrected chi connectivity index (χ2v) is 10.7. The van der Waals surface area contributed by atoms with E-state index in [0.717, 1.165) is 45.6 Å². The van der Waals surface area contributed by atoms with Crippen molar-refractivity contribution < 1.29 is 14.0 Å². The average molecular weight is 543 g/mol. The molecule has 0 saturated heterocycles. The number of fused-ring (bicyclic) bond motifs is 1. The highest BCUT2D eigenvalue weighted by atomic mass is 32.2. The summed E-state index contributed by atoms with van der Waals surface area (Å²) in [5, 5.41) is 7.73. The molecular formula is C31H31FN4O2S. The highest BCUT2D eigenvalue weighted by Crippen LogP contribution is 2.48. The second kappa shape index (κ2) is 11.5. The van der Waals surface area contributed by atoms with Crippen LogP contribution in [0.1, 0.15) is 40.8 Å². The molecule has 0 saturated carbocycles. The molecule has 1 N–H and O–H groups in total. The summed E-state index contributed by atoms with van der Waals surface area (Å²) in [6, 6.07) is 22.2. The Morgan fingerprint density at radius 2 is 1.79 bits per heavy atom. The van der Waals surface area contributed by atoms with Gasteiger partial charge in [-0.15, -0.1) is 11.8 Å². The summed E-state index contributed by atoms with van der Waals surface area (Å²) in [7, 11) is 0. The summed E-state index contributed by atoms with van der Waals surface area (Å²) in [4.78, 5) is 28.3. The highest BCUT2D eigenvalue weighted by molar-refractivity contribution is 8.00. The summed E-state index contributed by atoms with van der Waals surface area (Å²) < 4.78 is 15.7. The molecule has 6 nitrogen and oxygen atoms in total. The lowest BCUT2D eigenvalue weighted by molar-refractivity contribution is -0.122. The molecule has 3 aromatic carbocycles. The molecule has 1 aliphatic rings. The maximum atomic E-state index is 13.9. The number of benzene rings is 3. The zero-order valence-electron chi connectivity index (χ0n) is 22.3. The molecule has 2 heterocycles. The Morgan fingerprint density at radius 1 is 1.05 bits per heavy atom. The van der Waals surface area contributed by atoms with E-state index in [0.29, 0.717) is 12.4 Å². The van der Waals surface area contributed by atoms with Crippen molar-refractivity contribution in [2.75, 3.05) is 23.7 Å². The number of aryl methyl sites for hydroxylation is 1. The Bertz CT molecular complexity index is 1500. The number of carbonyl (C=O) groups excluding carboxylic acids is 2. The molecule has 0 unspecified atom stereocenters. The number of anilines is 1. The van der Waals surface area contributed by atoms with Crippen molar-refractivity contribution >= 4 is 29.4 Å². The van der Waals surface area contributed by atoms with Gasteiger partial charge in [0.15, 0.2) is 0 Å². The molecule has 4 aromatic rings. The maximum Gasteiger partial charge on any atom is 0.240 e.